The molecule has 0 radical (unpaired) electrons. The first-order valence-corrected chi connectivity index (χ1v) is 23.9. The molecule has 0 bridgehead atoms. The molecule has 0 N–H and O–H groups in total. The average Bonchev–Trinajstić information content (AvgIpc) is 3.85. The normalized spacial score (nSPS) is 12.6. The molecule has 2 aliphatic rings. The summed E-state index contributed by atoms with van der Waals surface area (Å²) in [4.78, 5) is 9.99. The van der Waals surface area contributed by atoms with Crippen LogP contribution in [0.4, 0.5) is 34.1 Å². The number of oxazole rings is 1. The zero-order chi connectivity index (χ0) is 46.3. The summed E-state index contributed by atoms with van der Waals surface area (Å²) < 4.78 is 13.6. The van der Waals surface area contributed by atoms with Gasteiger partial charge in [0.2, 0.25) is 5.89 Å². The predicted octanol–water partition coefficient (Wildman–Crippen LogP) is 15.3. The number of ether oxygens (including phenoxy) is 1. The highest BCUT2D eigenvalue weighted by Crippen LogP contribution is 2.50. The van der Waals surface area contributed by atoms with E-state index in [1.807, 2.05) is 54.6 Å². The number of benzene rings is 11. The maximum Gasteiger partial charge on any atom is 0.252 e. The summed E-state index contributed by atoms with van der Waals surface area (Å²) in [5.41, 5.74) is 18.2. The molecule has 11 aromatic carbocycles. The molecular formula is C64H42BN3O2. The quantitative estimate of drug-likeness (QED) is 0.149. The molecule has 0 amide bonds. The van der Waals surface area contributed by atoms with Crippen LogP contribution in [0.25, 0.3) is 66.4 Å². The van der Waals surface area contributed by atoms with Crippen molar-refractivity contribution in [3.8, 4) is 45.2 Å². The van der Waals surface area contributed by atoms with Gasteiger partial charge in [-0.15, -0.1) is 0 Å². The second-order valence-corrected chi connectivity index (χ2v) is 18.3. The smallest absolute Gasteiger partial charge is 0.252 e. The van der Waals surface area contributed by atoms with Crippen LogP contribution in [0, 0.1) is 6.92 Å². The minimum absolute atomic E-state index is 0.149. The lowest BCUT2D eigenvalue weighted by Gasteiger charge is -2.45. The van der Waals surface area contributed by atoms with Gasteiger partial charge in [-0.05, 0) is 116 Å². The van der Waals surface area contributed by atoms with Crippen molar-refractivity contribution < 1.29 is 9.15 Å². The Bertz CT molecular complexity index is 4010. The summed E-state index contributed by atoms with van der Waals surface area (Å²) in [5, 5.41) is 4.84. The second kappa shape index (κ2) is 16.0. The standard InChI is InChI=1S/C64H42BN3O2/c1-41-33-35-58-53(37-41)65-54-38-44(49-27-15-19-42-17-5-7-23-47(42)49)34-36-59(54)67(56-30-12-9-25-51(56)50-28-16-20-43-18-6-8-24-48(43)50)60-39-46(69-45-21-3-2-4-22-45)40-61(63(60)65)68(58)57-31-13-10-26-52(57)64-66-55-29-11-14-32-62(55)70-64/h2-40H,1H3. The fourth-order valence-electron chi connectivity index (χ4n) is 11.1. The molecule has 70 heavy (non-hydrogen) atoms. The first kappa shape index (κ1) is 40.0. The molecule has 1 aromatic heterocycles. The van der Waals surface area contributed by atoms with E-state index in [2.05, 4.69) is 199 Å². The predicted molar refractivity (Wildman–Crippen MR) is 291 cm³/mol. The van der Waals surface area contributed by atoms with E-state index in [-0.39, 0.29) is 6.71 Å². The van der Waals surface area contributed by atoms with Crippen molar-refractivity contribution in [3.05, 3.63) is 242 Å². The number of anilines is 6. The molecule has 14 rings (SSSR count). The van der Waals surface area contributed by atoms with E-state index in [1.54, 1.807) is 0 Å². The number of para-hydroxylation sites is 5. The van der Waals surface area contributed by atoms with Crippen LogP contribution in [0.5, 0.6) is 11.5 Å². The van der Waals surface area contributed by atoms with Crippen LogP contribution < -0.4 is 30.9 Å². The number of nitrogens with zero attached hydrogens (tertiary/aromatic N) is 3. The van der Waals surface area contributed by atoms with E-state index >= 15 is 0 Å². The summed E-state index contributed by atoms with van der Waals surface area (Å²) in [5.74, 6) is 2.05. The van der Waals surface area contributed by atoms with Crippen molar-refractivity contribution in [2.45, 2.75) is 6.92 Å². The van der Waals surface area contributed by atoms with Crippen molar-refractivity contribution in [2.24, 2.45) is 0 Å². The van der Waals surface area contributed by atoms with Gasteiger partial charge in [-0.2, -0.15) is 0 Å². The number of rotatable bonds is 7. The molecule has 12 aromatic rings. The van der Waals surface area contributed by atoms with Gasteiger partial charge in [-0.1, -0.05) is 175 Å². The zero-order valence-electron chi connectivity index (χ0n) is 38.3. The Morgan fingerprint density at radius 2 is 0.971 bits per heavy atom. The van der Waals surface area contributed by atoms with Crippen LogP contribution in [-0.2, 0) is 0 Å². The van der Waals surface area contributed by atoms with Gasteiger partial charge in [0, 0.05) is 40.4 Å². The van der Waals surface area contributed by atoms with Crippen LogP contribution >= 0.6 is 0 Å². The minimum Gasteiger partial charge on any atom is -0.457 e. The summed E-state index contributed by atoms with van der Waals surface area (Å²) in [6, 6.07) is 84.6. The fraction of sp³-hybridized carbons (Fsp3) is 0.0156. The lowest BCUT2D eigenvalue weighted by Crippen LogP contribution is -2.61. The van der Waals surface area contributed by atoms with E-state index in [0.717, 1.165) is 67.8 Å². The van der Waals surface area contributed by atoms with Crippen LogP contribution in [0.15, 0.2) is 241 Å². The van der Waals surface area contributed by atoms with Crippen molar-refractivity contribution in [3.63, 3.8) is 0 Å². The van der Waals surface area contributed by atoms with Crippen molar-refractivity contribution in [1.82, 2.24) is 4.98 Å². The van der Waals surface area contributed by atoms with E-state index in [9.17, 15) is 0 Å². The minimum atomic E-state index is -0.149. The van der Waals surface area contributed by atoms with Crippen molar-refractivity contribution >= 4 is 89.9 Å². The number of hydrogen-bond donors (Lipinski definition) is 0. The Morgan fingerprint density at radius 3 is 1.71 bits per heavy atom. The highest BCUT2D eigenvalue weighted by atomic mass is 16.5. The third-order valence-electron chi connectivity index (χ3n) is 14.2. The summed E-state index contributed by atoms with van der Waals surface area (Å²) in [7, 11) is 0. The van der Waals surface area contributed by atoms with Crippen LogP contribution in [0.2, 0.25) is 0 Å². The Kier molecular flexibility index (Phi) is 9.14. The lowest BCUT2D eigenvalue weighted by atomic mass is 9.33. The van der Waals surface area contributed by atoms with Gasteiger partial charge in [0.15, 0.2) is 5.58 Å². The zero-order valence-corrected chi connectivity index (χ0v) is 38.3. The highest BCUT2D eigenvalue weighted by molar-refractivity contribution is 7.00. The maximum absolute atomic E-state index is 6.97. The Hall–Kier alpha value is -9.13. The summed E-state index contributed by atoms with van der Waals surface area (Å²) in [6.45, 7) is 2.05. The Labute approximate surface area is 406 Å². The third kappa shape index (κ3) is 6.38. The molecule has 0 saturated carbocycles. The molecule has 0 unspecified atom stereocenters. The number of aryl methyl sites for hydroxylation is 1. The third-order valence-corrected chi connectivity index (χ3v) is 14.2. The molecule has 0 aliphatic carbocycles. The molecule has 6 heteroatoms. The first-order valence-electron chi connectivity index (χ1n) is 23.9. The van der Waals surface area contributed by atoms with Gasteiger partial charge >= 0.3 is 0 Å². The van der Waals surface area contributed by atoms with E-state index in [1.165, 1.54) is 60.2 Å². The summed E-state index contributed by atoms with van der Waals surface area (Å²) in [6.07, 6.45) is 0. The molecule has 0 fully saturated rings. The molecular weight excluding hydrogens is 854 g/mol. The van der Waals surface area contributed by atoms with Crippen molar-refractivity contribution in [2.75, 3.05) is 9.80 Å². The Morgan fingerprint density at radius 1 is 0.414 bits per heavy atom. The van der Waals surface area contributed by atoms with E-state index in [4.69, 9.17) is 14.1 Å². The average molecular weight is 896 g/mol. The molecule has 3 heterocycles. The lowest BCUT2D eigenvalue weighted by molar-refractivity contribution is 0.483. The molecule has 2 aliphatic heterocycles. The van der Waals surface area contributed by atoms with E-state index < -0.39 is 0 Å². The van der Waals surface area contributed by atoms with Crippen LogP contribution in [0.3, 0.4) is 0 Å². The highest BCUT2D eigenvalue weighted by Gasteiger charge is 2.45. The van der Waals surface area contributed by atoms with Gasteiger partial charge in [-0.25, -0.2) is 4.98 Å². The number of aromatic nitrogens is 1. The van der Waals surface area contributed by atoms with Crippen LogP contribution in [-0.4, -0.2) is 11.7 Å². The fourth-order valence-corrected chi connectivity index (χ4v) is 11.1. The molecule has 328 valence electrons. The Balaban J connectivity index is 1.09. The van der Waals surface area contributed by atoms with Gasteiger partial charge in [0.1, 0.15) is 17.0 Å². The van der Waals surface area contributed by atoms with Gasteiger partial charge < -0.3 is 19.0 Å². The molecule has 5 nitrogen and oxygen atoms in total. The largest absolute Gasteiger partial charge is 0.457 e. The van der Waals surface area contributed by atoms with Gasteiger partial charge in [-0.3, -0.25) is 0 Å². The first-order chi connectivity index (χ1) is 34.6. The summed E-state index contributed by atoms with van der Waals surface area (Å²) >= 11 is 0. The molecule has 0 saturated heterocycles. The monoisotopic (exact) mass is 895 g/mol. The SMILES string of the molecule is Cc1ccc2c(c1)B1c3cc(-c4cccc5ccccc45)ccc3N(c3ccccc3-c3cccc4ccccc34)c3cc(Oc4ccccc4)cc(c31)N2c1ccccc1-c1nc2ccccc2o1. The van der Waals surface area contributed by atoms with E-state index in [0.29, 0.717) is 5.89 Å². The molecule has 0 spiro atoms. The topological polar surface area (TPSA) is 41.7 Å². The van der Waals surface area contributed by atoms with Crippen molar-refractivity contribution in [1.29, 1.82) is 0 Å². The van der Waals surface area contributed by atoms with Gasteiger partial charge in [0.05, 0.1) is 16.9 Å². The molecule has 0 atom stereocenters. The van der Waals surface area contributed by atoms with Crippen LogP contribution in [0.1, 0.15) is 5.56 Å². The van der Waals surface area contributed by atoms with Gasteiger partial charge in [0.25, 0.3) is 6.71 Å². The number of hydrogen-bond acceptors (Lipinski definition) is 5. The second-order valence-electron chi connectivity index (χ2n) is 18.3. The maximum atomic E-state index is 6.97. The number of fused-ring (bicyclic) bond motifs is 7.